The van der Waals surface area contributed by atoms with Crippen LogP contribution in [0.25, 0.3) is 11.2 Å². The monoisotopic (exact) mass is 459 g/mol. The number of fused-ring (bicyclic) bond motifs is 1. The fourth-order valence-corrected chi connectivity index (χ4v) is 4.71. The second-order valence-electron chi connectivity index (χ2n) is 9.43. The van der Waals surface area contributed by atoms with E-state index in [1.807, 2.05) is 18.4 Å². The lowest BCUT2D eigenvalue weighted by atomic mass is 10.1. The molecule has 33 heavy (non-hydrogen) atoms. The molecule has 2 aliphatic heterocycles. The molecular weight excluding hydrogens is 422 g/mol. The van der Waals surface area contributed by atoms with Crippen molar-refractivity contribution in [1.82, 2.24) is 23.6 Å². The van der Waals surface area contributed by atoms with E-state index in [9.17, 15) is 9.59 Å². The first kappa shape index (κ1) is 23.7. The molecule has 1 atom stereocenters. The smallest absolute Gasteiger partial charge is 0.332 e. The molecule has 2 fully saturated rings. The van der Waals surface area contributed by atoms with Crippen molar-refractivity contribution in [3.8, 4) is 0 Å². The van der Waals surface area contributed by atoms with Crippen molar-refractivity contribution >= 4 is 17.1 Å². The van der Waals surface area contributed by atoms with E-state index in [0.29, 0.717) is 30.8 Å². The van der Waals surface area contributed by atoms with Crippen molar-refractivity contribution in [3.05, 3.63) is 32.5 Å². The fourth-order valence-electron chi connectivity index (χ4n) is 4.71. The minimum atomic E-state index is -0.316. The van der Waals surface area contributed by atoms with Crippen LogP contribution >= 0.6 is 0 Å². The van der Waals surface area contributed by atoms with Crippen LogP contribution < -0.4 is 21.9 Å². The summed E-state index contributed by atoms with van der Waals surface area (Å²) in [6.45, 7) is 10.6. The fraction of sp³-hybridized carbons (Fsp3) is 0.696. The molecule has 2 N–H and O–H groups in total. The van der Waals surface area contributed by atoms with Gasteiger partial charge in [0, 0.05) is 58.9 Å². The van der Waals surface area contributed by atoms with E-state index in [1.54, 1.807) is 7.05 Å². The molecule has 0 radical (unpaired) electrons. The maximum atomic E-state index is 13.6. The van der Waals surface area contributed by atoms with Gasteiger partial charge in [0.2, 0.25) is 5.95 Å². The van der Waals surface area contributed by atoms with Gasteiger partial charge < -0.3 is 19.9 Å². The summed E-state index contributed by atoms with van der Waals surface area (Å²) in [5, 5.41) is 0. The molecule has 0 aliphatic carbocycles. The number of allylic oxidation sites excluding steroid dienone is 2. The van der Waals surface area contributed by atoms with Crippen LogP contribution in [0.15, 0.2) is 21.2 Å². The van der Waals surface area contributed by atoms with Crippen molar-refractivity contribution in [1.29, 1.82) is 0 Å². The number of hydrogen-bond donors (Lipinski definition) is 1. The van der Waals surface area contributed by atoms with Crippen LogP contribution in [-0.2, 0) is 24.9 Å². The van der Waals surface area contributed by atoms with E-state index in [4.69, 9.17) is 15.5 Å². The van der Waals surface area contributed by atoms with Gasteiger partial charge in [-0.3, -0.25) is 18.8 Å². The van der Waals surface area contributed by atoms with E-state index < -0.39 is 0 Å². The molecule has 0 saturated carbocycles. The average Bonchev–Trinajstić information content (AvgIpc) is 3.19. The SMILES string of the molecule is CC(C)=CCn1c(N2CCCC(N)C2)nc2c1c(=O)n(CCCN1CCOCC1)c(=O)n2C. The Hall–Kier alpha value is -2.43. The lowest BCUT2D eigenvalue weighted by Gasteiger charge is -2.31. The number of rotatable bonds is 7. The van der Waals surface area contributed by atoms with Crippen molar-refractivity contribution in [2.45, 2.75) is 52.2 Å². The van der Waals surface area contributed by atoms with Crippen molar-refractivity contribution in [3.63, 3.8) is 0 Å². The summed E-state index contributed by atoms with van der Waals surface area (Å²) in [6.07, 6.45) is 4.79. The maximum Gasteiger partial charge on any atom is 0.332 e. The van der Waals surface area contributed by atoms with Crippen molar-refractivity contribution < 1.29 is 4.74 Å². The van der Waals surface area contributed by atoms with Gasteiger partial charge in [0.15, 0.2) is 11.2 Å². The number of morpholine rings is 1. The first-order valence-electron chi connectivity index (χ1n) is 12.0. The quantitative estimate of drug-likeness (QED) is 0.602. The lowest BCUT2D eigenvalue weighted by molar-refractivity contribution is 0.0368. The Kier molecular flexibility index (Phi) is 7.35. The molecule has 0 spiro atoms. The molecule has 10 nitrogen and oxygen atoms in total. The molecule has 0 amide bonds. The van der Waals surface area contributed by atoms with Gasteiger partial charge in [-0.2, -0.15) is 4.98 Å². The van der Waals surface area contributed by atoms with Crippen LogP contribution in [0.3, 0.4) is 0 Å². The molecule has 0 aromatic carbocycles. The molecule has 2 aliphatic rings. The molecular formula is C23H37N7O3. The van der Waals surface area contributed by atoms with Gasteiger partial charge in [-0.15, -0.1) is 0 Å². The molecule has 2 aromatic heterocycles. The summed E-state index contributed by atoms with van der Waals surface area (Å²) in [5.41, 5.74) is 7.73. The highest BCUT2D eigenvalue weighted by atomic mass is 16.5. The van der Waals surface area contributed by atoms with Gasteiger partial charge >= 0.3 is 5.69 Å². The minimum absolute atomic E-state index is 0.0798. The lowest BCUT2D eigenvalue weighted by Crippen LogP contribution is -2.44. The predicted molar refractivity (Wildman–Crippen MR) is 130 cm³/mol. The number of hydrogen-bond acceptors (Lipinski definition) is 7. The Morgan fingerprint density at radius 1 is 1.15 bits per heavy atom. The number of imidazole rings is 1. The normalized spacial score (nSPS) is 19.9. The van der Waals surface area contributed by atoms with E-state index >= 15 is 0 Å². The van der Waals surface area contributed by atoms with Crippen LogP contribution in [0.5, 0.6) is 0 Å². The largest absolute Gasteiger partial charge is 0.379 e. The summed E-state index contributed by atoms with van der Waals surface area (Å²) in [4.78, 5) is 36.0. The van der Waals surface area contributed by atoms with E-state index in [0.717, 1.165) is 70.2 Å². The van der Waals surface area contributed by atoms with Crippen LogP contribution in [0.1, 0.15) is 33.1 Å². The third-order valence-electron chi connectivity index (χ3n) is 6.59. The predicted octanol–water partition coefficient (Wildman–Crippen LogP) is 0.513. The van der Waals surface area contributed by atoms with Crippen molar-refractivity contribution in [2.75, 3.05) is 50.8 Å². The van der Waals surface area contributed by atoms with Gasteiger partial charge in [0.25, 0.3) is 5.56 Å². The summed E-state index contributed by atoms with van der Waals surface area (Å²) in [6, 6.07) is 0.0798. The number of aromatic nitrogens is 4. The zero-order chi connectivity index (χ0) is 23.5. The van der Waals surface area contributed by atoms with Gasteiger partial charge in [-0.05, 0) is 33.1 Å². The number of piperidine rings is 1. The zero-order valence-electron chi connectivity index (χ0n) is 20.1. The Bertz CT molecular complexity index is 1120. The Morgan fingerprint density at radius 3 is 2.61 bits per heavy atom. The zero-order valence-corrected chi connectivity index (χ0v) is 20.1. The molecule has 2 aromatic rings. The molecule has 0 bridgehead atoms. The minimum Gasteiger partial charge on any atom is -0.379 e. The number of nitrogens with two attached hydrogens (primary N) is 1. The van der Waals surface area contributed by atoms with Crippen LogP contribution in [0.4, 0.5) is 5.95 Å². The number of ether oxygens (including phenoxy) is 1. The first-order valence-corrected chi connectivity index (χ1v) is 12.0. The Labute approximate surface area is 194 Å². The summed E-state index contributed by atoms with van der Waals surface area (Å²) in [5.74, 6) is 0.718. The molecule has 182 valence electrons. The highest BCUT2D eigenvalue weighted by Gasteiger charge is 2.26. The molecule has 1 unspecified atom stereocenters. The third kappa shape index (κ3) is 5.07. The second-order valence-corrected chi connectivity index (χ2v) is 9.43. The third-order valence-corrected chi connectivity index (χ3v) is 6.59. The molecule has 10 heteroatoms. The van der Waals surface area contributed by atoms with Gasteiger partial charge in [0.05, 0.1) is 13.2 Å². The Morgan fingerprint density at radius 2 is 1.91 bits per heavy atom. The van der Waals surface area contributed by atoms with E-state index in [-0.39, 0.29) is 17.3 Å². The van der Waals surface area contributed by atoms with E-state index in [2.05, 4.69) is 15.9 Å². The summed E-state index contributed by atoms with van der Waals surface area (Å²) in [7, 11) is 1.70. The number of aryl methyl sites for hydroxylation is 1. The summed E-state index contributed by atoms with van der Waals surface area (Å²) >= 11 is 0. The number of anilines is 1. The second kappa shape index (κ2) is 10.2. The van der Waals surface area contributed by atoms with Gasteiger partial charge in [0.1, 0.15) is 0 Å². The molecule has 2 saturated heterocycles. The average molecular weight is 460 g/mol. The first-order chi connectivity index (χ1) is 15.9. The topological polar surface area (TPSA) is 104 Å². The van der Waals surface area contributed by atoms with Crippen LogP contribution in [0.2, 0.25) is 0 Å². The Balaban J connectivity index is 1.73. The molecule has 4 heterocycles. The van der Waals surface area contributed by atoms with Crippen LogP contribution in [0, 0.1) is 0 Å². The summed E-state index contributed by atoms with van der Waals surface area (Å²) < 4.78 is 10.2. The maximum absolute atomic E-state index is 13.6. The highest BCUT2D eigenvalue weighted by molar-refractivity contribution is 5.74. The standard InChI is InChI=1S/C23H37N7O3/c1-17(2)7-11-29-19-20(25-22(29)28-9-4-6-18(24)16-28)26(3)23(32)30(21(19)31)10-5-8-27-12-14-33-15-13-27/h7,18H,4-6,8-16,24H2,1-3H3. The van der Waals surface area contributed by atoms with Crippen LogP contribution in [-0.4, -0.2) is 75.6 Å². The van der Waals surface area contributed by atoms with Crippen molar-refractivity contribution in [2.24, 2.45) is 12.8 Å². The highest BCUT2D eigenvalue weighted by Crippen LogP contribution is 2.23. The molecule has 4 rings (SSSR count). The number of nitrogens with zero attached hydrogens (tertiary/aromatic N) is 6. The van der Waals surface area contributed by atoms with Gasteiger partial charge in [-0.1, -0.05) is 11.6 Å². The van der Waals surface area contributed by atoms with E-state index in [1.165, 1.54) is 9.13 Å². The van der Waals surface area contributed by atoms with Gasteiger partial charge in [-0.25, -0.2) is 4.79 Å².